The first-order valence-corrected chi connectivity index (χ1v) is 10.2. The molecule has 0 fully saturated rings. The number of hydrogen-bond donors (Lipinski definition) is 1. The first-order chi connectivity index (χ1) is 14.5. The largest absolute Gasteiger partial charge is 0.508 e. The van der Waals surface area contributed by atoms with Crippen molar-refractivity contribution < 1.29 is 19.4 Å². The fraction of sp³-hybridized carbons (Fsp3) is 0.125. The summed E-state index contributed by atoms with van der Waals surface area (Å²) in [6.07, 6.45) is 0. The normalized spacial score (nSPS) is 10.8. The standard InChI is InChI=1S/C24H21NO4S/c1-15(26)25(17-6-8-18(27)9-7-17)23-21-13-12-20(29-3)14-22(21)30-24(23)16-4-10-19(28-2)11-5-16/h4-14,27H,1-3H3. The molecule has 0 saturated heterocycles. The number of carbonyl (C=O) groups excluding carboxylic acids is 1. The SMILES string of the molecule is COc1ccc(-c2sc3cc(OC)ccc3c2N(C(C)=O)c2ccc(O)cc2)cc1. The minimum atomic E-state index is -0.119. The molecule has 0 saturated carbocycles. The van der Waals surface area contributed by atoms with Crippen LogP contribution in [0.15, 0.2) is 66.7 Å². The Labute approximate surface area is 178 Å². The number of rotatable bonds is 5. The van der Waals surface area contributed by atoms with E-state index in [1.54, 1.807) is 54.7 Å². The van der Waals surface area contributed by atoms with Crippen LogP contribution in [-0.2, 0) is 4.79 Å². The Balaban J connectivity index is 1.99. The number of amides is 1. The second-order valence-corrected chi connectivity index (χ2v) is 7.79. The predicted molar refractivity (Wildman–Crippen MR) is 121 cm³/mol. The average molecular weight is 420 g/mol. The first-order valence-electron chi connectivity index (χ1n) is 9.36. The summed E-state index contributed by atoms with van der Waals surface area (Å²) < 4.78 is 11.7. The van der Waals surface area contributed by atoms with Gasteiger partial charge in [0.05, 0.1) is 24.8 Å². The number of fused-ring (bicyclic) bond motifs is 1. The highest BCUT2D eigenvalue weighted by Gasteiger charge is 2.24. The highest BCUT2D eigenvalue weighted by Crippen LogP contribution is 2.48. The van der Waals surface area contributed by atoms with Gasteiger partial charge < -0.3 is 14.6 Å². The molecule has 5 nitrogen and oxygen atoms in total. The number of carbonyl (C=O) groups is 1. The van der Waals surface area contributed by atoms with Crippen molar-refractivity contribution in [3.05, 3.63) is 66.7 Å². The van der Waals surface area contributed by atoms with Crippen LogP contribution in [0.25, 0.3) is 20.5 Å². The van der Waals surface area contributed by atoms with Crippen molar-refractivity contribution in [3.63, 3.8) is 0 Å². The molecule has 1 heterocycles. The fourth-order valence-electron chi connectivity index (χ4n) is 3.42. The van der Waals surface area contributed by atoms with Crippen LogP contribution in [0.3, 0.4) is 0 Å². The number of benzene rings is 3. The molecule has 0 radical (unpaired) electrons. The third-order valence-corrected chi connectivity index (χ3v) is 6.06. The number of thiophene rings is 1. The molecule has 0 atom stereocenters. The molecule has 0 bridgehead atoms. The molecule has 1 aromatic heterocycles. The topological polar surface area (TPSA) is 59.0 Å². The van der Waals surface area contributed by atoms with E-state index in [0.29, 0.717) is 5.69 Å². The predicted octanol–water partition coefficient (Wildman–Crippen LogP) is 5.98. The molecule has 4 aromatic rings. The van der Waals surface area contributed by atoms with Crippen LogP contribution in [0, 0.1) is 0 Å². The van der Waals surface area contributed by atoms with E-state index in [1.807, 2.05) is 42.5 Å². The van der Waals surface area contributed by atoms with E-state index in [-0.39, 0.29) is 11.7 Å². The van der Waals surface area contributed by atoms with Gasteiger partial charge in [-0.3, -0.25) is 9.69 Å². The number of hydrogen-bond acceptors (Lipinski definition) is 5. The van der Waals surface area contributed by atoms with Gasteiger partial charge in [-0.1, -0.05) is 0 Å². The quantitative estimate of drug-likeness (QED) is 0.433. The van der Waals surface area contributed by atoms with Gasteiger partial charge in [0.1, 0.15) is 17.2 Å². The van der Waals surface area contributed by atoms with Crippen LogP contribution in [-0.4, -0.2) is 25.2 Å². The van der Waals surface area contributed by atoms with E-state index in [2.05, 4.69) is 0 Å². The van der Waals surface area contributed by atoms with Crippen LogP contribution < -0.4 is 14.4 Å². The van der Waals surface area contributed by atoms with Gasteiger partial charge in [0, 0.05) is 22.7 Å². The molecule has 4 rings (SSSR count). The molecule has 0 aliphatic heterocycles. The number of methoxy groups -OCH3 is 2. The lowest BCUT2D eigenvalue weighted by Crippen LogP contribution is -2.22. The second-order valence-electron chi connectivity index (χ2n) is 6.74. The molecule has 30 heavy (non-hydrogen) atoms. The van der Waals surface area contributed by atoms with E-state index in [0.717, 1.165) is 37.7 Å². The maximum Gasteiger partial charge on any atom is 0.228 e. The molecule has 1 N–H and O–H groups in total. The van der Waals surface area contributed by atoms with Crippen molar-refractivity contribution in [1.29, 1.82) is 0 Å². The van der Waals surface area contributed by atoms with Crippen LogP contribution in [0.4, 0.5) is 11.4 Å². The number of phenols is 1. The summed E-state index contributed by atoms with van der Waals surface area (Å²) in [6.45, 7) is 1.54. The maximum absolute atomic E-state index is 12.8. The number of phenolic OH excluding ortho intramolecular Hbond substituents is 1. The smallest absolute Gasteiger partial charge is 0.228 e. The van der Waals surface area contributed by atoms with E-state index >= 15 is 0 Å². The van der Waals surface area contributed by atoms with Crippen molar-refractivity contribution in [2.45, 2.75) is 6.92 Å². The summed E-state index contributed by atoms with van der Waals surface area (Å²) in [7, 11) is 3.27. The van der Waals surface area contributed by atoms with Crippen LogP contribution in [0.1, 0.15) is 6.92 Å². The van der Waals surface area contributed by atoms with E-state index in [9.17, 15) is 9.90 Å². The lowest BCUT2D eigenvalue weighted by Gasteiger charge is -2.23. The van der Waals surface area contributed by atoms with Gasteiger partial charge in [0.2, 0.25) is 5.91 Å². The summed E-state index contributed by atoms with van der Waals surface area (Å²) in [4.78, 5) is 15.4. The zero-order valence-corrected chi connectivity index (χ0v) is 17.7. The summed E-state index contributed by atoms with van der Waals surface area (Å²) in [6, 6.07) is 20.3. The van der Waals surface area contributed by atoms with Crippen LogP contribution in [0.5, 0.6) is 17.2 Å². The molecular weight excluding hydrogens is 398 g/mol. The minimum absolute atomic E-state index is 0.119. The molecule has 6 heteroatoms. The van der Waals surface area contributed by atoms with Gasteiger partial charge in [0.25, 0.3) is 0 Å². The summed E-state index contributed by atoms with van der Waals surface area (Å²) in [5.41, 5.74) is 2.47. The van der Waals surface area contributed by atoms with Crippen molar-refractivity contribution in [2.24, 2.45) is 0 Å². The Kier molecular flexibility index (Phi) is 5.33. The maximum atomic E-state index is 12.8. The van der Waals surface area contributed by atoms with E-state index in [1.165, 1.54) is 6.92 Å². The van der Waals surface area contributed by atoms with E-state index < -0.39 is 0 Å². The van der Waals surface area contributed by atoms with Crippen molar-refractivity contribution >= 4 is 38.7 Å². The van der Waals surface area contributed by atoms with Gasteiger partial charge in [-0.05, 0) is 72.3 Å². The van der Waals surface area contributed by atoms with Crippen molar-refractivity contribution in [1.82, 2.24) is 0 Å². The van der Waals surface area contributed by atoms with Gasteiger partial charge in [0.15, 0.2) is 0 Å². The van der Waals surface area contributed by atoms with Crippen LogP contribution >= 0.6 is 11.3 Å². The second kappa shape index (κ2) is 8.08. The third-order valence-electron chi connectivity index (χ3n) is 4.87. The molecule has 0 spiro atoms. The third kappa shape index (κ3) is 3.57. The van der Waals surface area contributed by atoms with Gasteiger partial charge in [-0.15, -0.1) is 11.3 Å². The molecule has 3 aromatic carbocycles. The lowest BCUT2D eigenvalue weighted by molar-refractivity contribution is -0.115. The Morgan fingerprint density at radius 1 is 0.900 bits per heavy atom. The van der Waals surface area contributed by atoms with Gasteiger partial charge >= 0.3 is 0 Å². The molecule has 1 amide bonds. The number of anilines is 2. The summed E-state index contributed by atoms with van der Waals surface area (Å²) >= 11 is 1.60. The molecule has 0 aliphatic carbocycles. The molecular formula is C24H21NO4S. The molecule has 152 valence electrons. The van der Waals surface area contributed by atoms with Crippen molar-refractivity contribution in [2.75, 3.05) is 19.1 Å². The monoisotopic (exact) mass is 419 g/mol. The Morgan fingerprint density at radius 3 is 2.13 bits per heavy atom. The van der Waals surface area contributed by atoms with Gasteiger partial charge in [-0.2, -0.15) is 0 Å². The minimum Gasteiger partial charge on any atom is -0.508 e. The van der Waals surface area contributed by atoms with Gasteiger partial charge in [-0.25, -0.2) is 0 Å². The lowest BCUT2D eigenvalue weighted by atomic mass is 10.1. The first kappa shape index (κ1) is 19.8. The zero-order chi connectivity index (χ0) is 21.3. The van der Waals surface area contributed by atoms with Crippen molar-refractivity contribution in [3.8, 4) is 27.7 Å². The number of nitrogens with zero attached hydrogens (tertiary/aromatic N) is 1. The summed E-state index contributed by atoms with van der Waals surface area (Å²) in [5.74, 6) is 1.56. The number of aromatic hydroxyl groups is 1. The Bertz CT molecular complexity index is 1200. The average Bonchev–Trinajstić information content (AvgIpc) is 3.13. The number of ether oxygens (including phenoxy) is 2. The molecule has 0 unspecified atom stereocenters. The summed E-state index contributed by atoms with van der Waals surface area (Å²) in [5, 5.41) is 10.6. The molecule has 0 aliphatic rings. The highest BCUT2D eigenvalue weighted by atomic mass is 32.1. The van der Waals surface area contributed by atoms with E-state index in [4.69, 9.17) is 9.47 Å². The highest BCUT2D eigenvalue weighted by molar-refractivity contribution is 7.23. The Hall–Kier alpha value is -3.51. The Morgan fingerprint density at radius 2 is 1.53 bits per heavy atom. The fourth-order valence-corrected chi connectivity index (χ4v) is 4.64. The zero-order valence-electron chi connectivity index (χ0n) is 16.9. The van der Waals surface area contributed by atoms with Crippen LogP contribution in [0.2, 0.25) is 0 Å².